The molecule has 0 fully saturated rings. The van der Waals surface area contributed by atoms with Crippen molar-refractivity contribution in [3.8, 4) is 22.6 Å². The number of methoxy groups -OCH3 is 2. The second-order valence-electron chi connectivity index (χ2n) is 5.07. The maximum absolute atomic E-state index is 10.5. The van der Waals surface area contributed by atoms with Gasteiger partial charge in [0.25, 0.3) is 0 Å². The largest absolute Gasteiger partial charge is 0.496 e. The summed E-state index contributed by atoms with van der Waals surface area (Å²) in [6.07, 6.45) is 0. The van der Waals surface area contributed by atoms with E-state index in [1.807, 2.05) is 36.4 Å². The van der Waals surface area contributed by atoms with Gasteiger partial charge in [0.05, 0.1) is 14.2 Å². The second kappa shape index (κ2) is 9.13. The highest BCUT2D eigenvalue weighted by Crippen LogP contribution is 2.28. The van der Waals surface area contributed by atoms with Crippen LogP contribution in [0.5, 0.6) is 11.5 Å². The molecule has 0 atom stereocenters. The number of hydrogen-bond donors (Lipinski definition) is 1. The number of hydrogen-bond acceptors (Lipinski definition) is 3. The topological polar surface area (TPSA) is 55.8 Å². The van der Waals surface area contributed by atoms with Crippen molar-refractivity contribution < 1.29 is 19.4 Å². The first kappa shape index (κ1) is 18.1. The molecule has 0 aliphatic rings. The van der Waals surface area contributed by atoms with Crippen LogP contribution in [-0.2, 0) is 0 Å². The van der Waals surface area contributed by atoms with E-state index in [0.717, 1.165) is 11.3 Å². The molecule has 0 saturated heterocycles. The van der Waals surface area contributed by atoms with Crippen molar-refractivity contribution in [3.63, 3.8) is 0 Å². The van der Waals surface area contributed by atoms with Gasteiger partial charge in [-0.1, -0.05) is 60.7 Å². The molecular formula is C21H20O4. The molecule has 3 rings (SSSR count). The lowest BCUT2D eigenvalue weighted by atomic mass is 10.1. The normalized spacial score (nSPS) is 9.52. The van der Waals surface area contributed by atoms with Crippen LogP contribution in [0.2, 0.25) is 0 Å². The molecule has 128 valence electrons. The molecule has 0 aliphatic heterocycles. The van der Waals surface area contributed by atoms with Crippen molar-refractivity contribution in [1.82, 2.24) is 0 Å². The Morgan fingerprint density at radius 2 is 1.24 bits per heavy atom. The van der Waals surface area contributed by atoms with Crippen LogP contribution in [0.3, 0.4) is 0 Å². The average molecular weight is 336 g/mol. The Balaban J connectivity index is 0.000000186. The molecule has 0 spiro atoms. The molecule has 0 heterocycles. The van der Waals surface area contributed by atoms with Gasteiger partial charge in [-0.05, 0) is 23.8 Å². The zero-order valence-corrected chi connectivity index (χ0v) is 14.2. The summed E-state index contributed by atoms with van der Waals surface area (Å²) in [6, 6.07) is 24.8. The minimum absolute atomic E-state index is 0.190. The van der Waals surface area contributed by atoms with Gasteiger partial charge in [0, 0.05) is 5.56 Å². The van der Waals surface area contributed by atoms with Crippen molar-refractivity contribution in [2.24, 2.45) is 0 Å². The number of rotatable bonds is 4. The van der Waals surface area contributed by atoms with E-state index >= 15 is 0 Å². The molecule has 3 aromatic carbocycles. The first-order valence-corrected chi connectivity index (χ1v) is 7.72. The Morgan fingerprint density at radius 1 is 0.720 bits per heavy atom. The maximum Gasteiger partial charge on any atom is 0.339 e. The third kappa shape index (κ3) is 4.85. The molecular weight excluding hydrogens is 316 g/mol. The number of benzene rings is 3. The molecule has 4 heteroatoms. The smallest absolute Gasteiger partial charge is 0.339 e. The zero-order valence-electron chi connectivity index (χ0n) is 14.2. The highest BCUT2D eigenvalue weighted by atomic mass is 16.5. The van der Waals surface area contributed by atoms with Gasteiger partial charge >= 0.3 is 5.97 Å². The summed E-state index contributed by atoms with van der Waals surface area (Å²) in [4.78, 5) is 10.5. The van der Waals surface area contributed by atoms with Gasteiger partial charge in [-0.25, -0.2) is 4.79 Å². The van der Waals surface area contributed by atoms with Crippen LogP contribution in [0.25, 0.3) is 11.1 Å². The van der Waals surface area contributed by atoms with E-state index in [9.17, 15) is 4.79 Å². The number of aromatic carboxylic acids is 1. The second-order valence-corrected chi connectivity index (χ2v) is 5.07. The van der Waals surface area contributed by atoms with Gasteiger partial charge < -0.3 is 14.6 Å². The summed E-state index contributed by atoms with van der Waals surface area (Å²) < 4.78 is 10.1. The average Bonchev–Trinajstić information content (AvgIpc) is 2.69. The minimum atomic E-state index is -0.970. The van der Waals surface area contributed by atoms with Gasteiger partial charge in [-0.15, -0.1) is 0 Å². The van der Waals surface area contributed by atoms with Crippen molar-refractivity contribution >= 4 is 5.97 Å². The highest BCUT2D eigenvalue weighted by Gasteiger charge is 2.07. The Kier molecular flexibility index (Phi) is 6.60. The van der Waals surface area contributed by atoms with Gasteiger partial charge in [-0.2, -0.15) is 0 Å². The zero-order chi connectivity index (χ0) is 18.1. The lowest BCUT2D eigenvalue weighted by molar-refractivity contribution is 0.0693. The quantitative estimate of drug-likeness (QED) is 0.746. The first-order valence-electron chi connectivity index (χ1n) is 7.72. The van der Waals surface area contributed by atoms with E-state index in [4.69, 9.17) is 14.6 Å². The molecule has 0 saturated carbocycles. The van der Waals surface area contributed by atoms with Crippen LogP contribution in [0, 0.1) is 0 Å². The molecule has 0 aromatic heterocycles. The Hall–Kier alpha value is -3.27. The van der Waals surface area contributed by atoms with E-state index in [0.29, 0.717) is 5.75 Å². The van der Waals surface area contributed by atoms with Gasteiger partial charge in [0.15, 0.2) is 0 Å². The summed E-state index contributed by atoms with van der Waals surface area (Å²) >= 11 is 0. The lowest BCUT2D eigenvalue weighted by Gasteiger charge is -2.07. The van der Waals surface area contributed by atoms with Gasteiger partial charge in [0.2, 0.25) is 0 Å². The number of carboxylic acid groups (broad SMARTS) is 1. The third-order valence-electron chi connectivity index (χ3n) is 3.53. The van der Waals surface area contributed by atoms with Crippen LogP contribution >= 0.6 is 0 Å². The molecule has 0 bridgehead atoms. The van der Waals surface area contributed by atoms with Crippen LogP contribution in [0.4, 0.5) is 0 Å². The SMILES string of the molecule is COc1ccccc1-c1ccccc1.COc1ccccc1C(=O)O. The number of carbonyl (C=O) groups is 1. The summed E-state index contributed by atoms with van der Waals surface area (Å²) in [5.74, 6) is 0.334. The third-order valence-corrected chi connectivity index (χ3v) is 3.53. The van der Waals surface area contributed by atoms with E-state index in [1.54, 1.807) is 25.3 Å². The molecule has 1 N–H and O–H groups in total. The number of ether oxygens (including phenoxy) is 2. The van der Waals surface area contributed by atoms with E-state index < -0.39 is 5.97 Å². The Labute approximate surface area is 147 Å². The summed E-state index contributed by atoms with van der Waals surface area (Å²) in [5, 5.41) is 8.62. The lowest BCUT2D eigenvalue weighted by Crippen LogP contribution is -1.99. The fraction of sp³-hybridized carbons (Fsp3) is 0.0952. The van der Waals surface area contributed by atoms with Crippen molar-refractivity contribution in [2.45, 2.75) is 0 Å². The van der Waals surface area contributed by atoms with Gasteiger partial charge in [-0.3, -0.25) is 0 Å². The molecule has 0 radical (unpaired) electrons. The standard InChI is InChI=1S/C13H12O.C8H8O3/c1-14-13-10-6-5-9-12(13)11-7-3-2-4-8-11;1-11-7-5-3-2-4-6(7)8(9)10/h2-10H,1H3;2-5H,1H3,(H,9,10). The van der Waals surface area contributed by atoms with Crippen molar-refractivity contribution in [1.29, 1.82) is 0 Å². The maximum atomic E-state index is 10.5. The number of para-hydroxylation sites is 2. The van der Waals surface area contributed by atoms with Gasteiger partial charge in [0.1, 0.15) is 17.1 Å². The summed E-state index contributed by atoms with van der Waals surface area (Å²) in [7, 11) is 3.14. The molecule has 0 aliphatic carbocycles. The van der Waals surface area contributed by atoms with E-state index in [2.05, 4.69) is 18.2 Å². The van der Waals surface area contributed by atoms with Crippen molar-refractivity contribution in [2.75, 3.05) is 14.2 Å². The summed E-state index contributed by atoms with van der Waals surface area (Å²) in [5.41, 5.74) is 2.51. The molecule has 25 heavy (non-hydrogen) atoms. The minimum Gasteiger partial charge on any atom is -0.496 e. The Bertz CT molecular complexity index is 813. The van der Waals surface area contributed by atoms with E-state index in [1.165, 1.54) is 18.7 Å². The Morgan fingerprint density at radius 3 is 1.80 bits per heavy atom. The van der Waals surface area contributed by atoms with Crippen LogP contribution in [-0.4, -0.2) is 25.3 Å². The van der Waals surface area contributed by atoms with Crippen molar-refractivity contribution in [3.05, 3.63) is 84.4 Å². The fourth-order valence-electron chi connectivity index (χ4n) is 2.32. The number of carboxylic acids is 1. The monoisotopic (exact) mass is 336 g/mol. The molecule has 0 amide bonds. The fourth-order valence-corrected chi connectivity index (χ4v) is 2.32. The predicted octanol–water partition coefficient (Wildman–Crippen LogP) is 4.76. The van der Waals surface area contributed by atoms with Crippen LogP contribution in [0.15, 0.2) is 78.9 Å². The predicted molar refractivity (Wildman–Crippen MR) is 98.4 cm³/mol. The summed E-state index contributed by atoms with van der Waals surface area (Å²) in [6.45, 7) is 0. The van der Waals surface area contributed by atoms with E-state index in [-0.39, 0.29) is 5.56 Å². The van der Waals surface area contributed by atoms with Crippen LogP contribution in [0.1, 0.15) is 10.4 Å². The van der Waals surface area contributed by atoms with Crippen LogP contribution < -0.4 is 9.47 Å². The molecule has 4 nitrogen and oxygen atoms in total. The molecule has 3 aromatic rings. The highest BCUT2D eigenvalue weighted by molar-refractivity contribution is 5.90. The first-order chi connectivity index (χ1) is 12.2. The molecule has 0 unspecified atom stereocenters.